The van der Waals surface area contributed by atoms with Crippen LogP contribution in [0.25, 0.3) is 0 Å². The van der Waals surface area contributed by atoms with Crippen LogP contribution in [0, 0.1) is 0 Å². The zero-order valence-corrected chi connectivity index (χ0v) is 14.1. The lowest BCUT2D eigenvalue weighted by molar-refractivity contribution is -0.144. The number of amides is 1. The summed E-state index contributed by atoms with van der Waals surface area (Å²) in [5.41, 5.74) is 0. The molecule has 2 aliphatic heterocycles. The molecule has 0 aromatic carbocycles. The highest BCUT2D eigenvalue weighted by atomic mass is 32.2. The summed E-state index contributed by atoms with van der Waals surface area (Å²) in [5.74, 6) is 3.76. The number of aromatic nitrogens is 2. The summed E-state index contributed by atoms with van der Waals surface area (Å²) >= 11 is 3.36. The molecule has 1 amide bonds. The summed E-state index contributed by atoms with van der Waals surface area (Å²) in [7, 11) is 0. The van der Waals surface area contributed by atoms with Gasteiger partial charge in [0.05, 0.1) is 13.2 Å². The van der Waals surface area contributed by atoms with Crippen LogP contribution in [0.1, 0.15) is 24.6 Å². The van der Waals surface area contributed by atoms with Gasteiger partial charge in [-0.15, -0.1) is 0 Å². The third-order valence-electron chi connectivity index (χ3n) is 4.31. The molecular weight excluding hydrogens is 320 g/mol. The number of thioether (sulfide) groups is 1. The van der Waals surface area contributed by atoms with Gasteiger partial charge in [0.2, 0.25) is 5.13 Å². The summed E-state index contributed by atoms with van der Waals surface area (Å²) in [5, 5.41) is 0.942. The predicted octanol–water partition coefficient (Wildman–Crippen LogP) is 1.20. The number of hydrogen-bond acceptors (Lipinski definition) is 7. The molecule has 8 heteroatoms. The van der Waals surface area contributed by atoms with Crippen molar-refractivity contribution in [2.75, 3.05) is 49.2 Å². The first-order valence-electron chi connectivity index (χ1n) is 7.88. The van der Waals surface area contributed by atoms with Gasteiger partial charge in [-0.25, -0.2) is 4.98 Å². The van der Waals surface area contributed by atoms with E-state index in [1.54, 1.807) is 0 Å². The van der Waals surface area contributed by atoms with E-state index < -0.39 is 0 Å². The van der Waals surface area contributed by atoms with Gasteiger partial charge in [-0.1, -0.05) is 0 Å². The number of rotatable bonds is 3. The number of carbonyl (C=O) groups excluding carboxylic acids is 1. The van der Waals surface area contributed by atoms with Crippen LogP contribution >= 0.6 is 23.3 Å². The summed E-state index contributed by atoms with van der Waals surface area (Å²) in [4.78, 5) is 21.3. The van der Waals surface area contributed by atoms with Crippen LogP contribution in [0.15, 0.2) is 0 Å². The highest BCUT2D eigenvalue weighted by Gasteiger charge is 2.33. The minimum atomic E-state index is -0.356. The van der Waals surface area contributed by atoms with E-state index in [9.17, 15) is 4.79 Å². The lowest BCUT2D eigenvalue weighted by atomic mass is 10.2. The Morgan fingerprint density at radius 3 is 2.82 bits per heavy atom. The monoisotopic (exact) mass is 340 g/mol. The summed E-state index contributed by atoms with van der Waals surface area (Å²) in [6.45, 7) is 3.65. The van der Waals surface area contributed by atoms with E-state index in [1.807, 2.05) is 16.7 Å². The fourth-order valence-electron chi connectivity index (χ4n) is 2.82. The van der Waals surface area contributed by atoms with Crippen molar-refractivity contribution in [3.8, 4) is 0 Å². The molecule has 4 rings (SSSR count). The number of hydrogen-bond donors (Lipinski definition) is 0. The van der Waals surface area contributed by atoms with Gasteiger partial charge in [-0.3, -0.25) is 4.79 Å². The van der Waals surface area contributed by atoms with E-state index in [4.69, 9.17) is 4.74 Å². The lowest BCUT2D eigenvalue weighted by Crippen LogP contribution is -2.52. The van der Waals surface area contributed by atoms with Crippen LogP contribution in [-0.4, -0.2) is 70.6 Å². The fourth-order valence-corrected chi connectivity index (χ4v) is 4.51. The van der Waals surface area contributed by atoms with Crippen LogP contribution < -0.4 is 4.90 Å². The molecular formula is C14H20N4O2S2. The van der Waals surface area contributed by atoms with Gasteiger partial charge >= 0.3 is 0 Å². The first-order valence-corrected chi connectivity index (χ1v) is 9.81. The third kappa shape index (κ3) is 3.09. The van der Waals surface area contributed by atoms with Gasteiger partial charge in [-0.05, 0) is 12.8 Å². The average Bonchev–Trinajstić information content (AvgIpc) is 3.32. The van der Waals surface area contributed by atoms with Crippen LogP contribution in [0.2, 0.25) is 0 Å². The fraction of sp³-hybridized carbons (Fsp3) is 0.786. The lowest BCUT2D eigenvalue weighted by Gasteiger charge is -2.35. The first kappa shape index (κ1) is 14.7. The minimum Gasteiger partial charge on any atom is -0.365 e. The smallest absolute Gasteiger partial charge is 0.253 e. The molecule has 0 bridgehead atoms. The van der Waals surface area contributed by atoms with Gasteiger partial charge in [0.1, 0.15) is 5.82 Å². The Bertz CT molecular complexity index is 543. The number of nitrogens with zero attached hydrogens (tertiary/aromatic N) is 4. The van der Waals surface area contributed by atoms with Crippen molar-refractivity contribution >= 4 is 34.3 Å². The molecule has 1 unspecified atom stereocenters. The molecule has 3 heterocycles. The molecule has 0 spiro atoms. The van der Waals surface area contributed by atoms with Crippen molar-refractivity contribution in [2.45, 2.75) is 24.9 Å². The molecule has 1 aliphatic carbocycles. The Labute approximate surface area is 138 Å². The molecule has 0 radical (unpaired) electrons. The SMILES string of the molecule is O=C(C1CN(c2nc(C3CC3)ns2)CCO1)N1CCSCC1. The normalized spacial score (nSPS) is 26.3. The quantitative estimate of drug-likeness (QED) is 0.824. The Morgan fingerprint density at radius 2 is 2.05 bits per heavy atom. The van der Waals surface area contributed by atoms with Crippen LogP contribution in [-0.2, 0) is 9.53 Å². The molecule has 6 nitrogen and oxygen atoms in total. The van der Waals surface area contributed by atoms with Crippen LogP contribution in [0.5, 0.6) is 0 Å². The second kappa shape index (κ2) is 6.33. The van der Waals surface area contributed by atoms with Crippen molar-refractivity contribution in [1.82, 2.24) is 14.3 Å². The van der Waals surface area contributed by atoms with Crippen molar-refractivity contribution in [3.63, 3.8) is 0 Å². The van der Waals surface area contributed by atoms with E-state index in [2.05, 4.69) is 14.3 Å². The third-order valence-corrected chi connectivity index (χ3v) is 6.04. The minimum absolute atomic E-state index is 0.136. The molecule has 0 N–H and O–H groups in total. The van der Waals surface area contributed by atoms with E-state index in [1.165, 1.54) is 24.4 Å². The maximum Gasteiger partial charge on any atom is 0.253 e. The predicted molar refractivity (Wildman–Crippen MR) is 87.7 cm³/mol. The van der Waals surface area contributed by atoms with Gasteiger partial charge in [-0.2, -0.15) is 16.1 Å². The van der Waals surface area contributed by atoms with Crippen molar-refractivity contribution in [2.24, 2.45) is 0 Å². The molecule has 2 saturated heterocycles. The number of carbonyl (C=O) groups is 1. The molecule has 1 aromatic heterocycles. The zero-order valence-electron chi connectivity index (χ0n) is 12.4. The second-order valence-corrected chi connectivity index (χ2v) is 7.91. The van der Waals surface area contributed by atoms with Gasteiger partial charge < -0.3 is 14.5 Å². The number of morpholine rings is 1. The summed E-state index contributed by atoms with van der Waals surface area (Å²) < 4.78 is 10.2. The maximum absolute atomic E-state index is 12.6. The van der Waals surface area contributed by atoms with E-state index in [-0.39, 0.29) is 12.0 Å². The highest BCUT2D eigenvalue weighted by molar-refractivity contribution is 7.99. The van der Waals surface area contributed by atoms with Crippen molar-refractivity contribution in [1.29, 1.82) is 0 Å². The Balaban J connectivity index is 1.40. The van der Waals surface area contributed by atoms with Crippen LogP contribution in [0.3, 0.4) is 0 Å². The molecule has 3 aliphatic rings. The van der Waals surface area contributed by atoms with Gasteiger partial charge in [0.15, 0.2) is 6.10 Å². The zero-order chi connectivity index (χ0) is 14.9. The standard InChI is InChI=1S/C14H20N4O2S2/c19-13(17-4-7-21-8-5-17)11-9-18(3-6-20-11)14-15-12(16-22-14)10-1-2-10/h10-11H,1-9H2. The maximum atomic E-state index is 12.6. The van der Waals surface area contributed by atoms with E-state index >= 15 is 0 Å². The topological polar surface area (TPSA) is 58.6 Å². The molecule has 22 heavy (non-hydrogen) atoms. The Hall–Kier alpha value is -0.860. The first-order chi connectivity index (χ1) is 10.8. The number of ether oxygens (including phenoxy) is 1. The van der Waals surface area contributed by atoms with Crippen LogP contribution in [0.4, 0.5) is 5.13 Å². The second-order valence-electron chi connectivity index (χ2n) is 5.95. The van der Waals surface area contributed by atoms with Gasteiger partial charge in [0.25, 0.3) is 5.91 Å². The van der Waals surface area contributed by atoms with Crippen molar-refractivity contribution in [3.05, 3.63) is 5.82 Å². The Morgan fingerprint density at radius 1 is 1.23 bits per heavy atom. The molecule has 120 valence electrons. The van der Waals surface area contributed by atoms with E-state index in [0.717, 1.165) is 42.1 Å². The largest absolute Gasteiger partial charge is 0.365 e. The Kier molecular flexibility index (Phi) is 4.23. The summed E-state index contributed by atoms with van der Waals surface area (Å²) in [6, 6.07) is 0. The van der Waals surface area contributed by atoms with E-state index in [0.29, 0.717) is 19.1 Å². The van der Waals surface area contributed by atoms with Crippen molar-refractivity contribution < 1.29 is 9.53 Å². The summed E-state index contributed by atoms with van der Waals surface area (Å²) in [6.07, 6.45) is 2.07. The number of anilines is 1. The van der Waals surface area contributed by atoms with Gasteiger partial charge in [0, 0.05) is 48.6 Å². The average molecular weight is 340 g/mol. The molecule has 1 atom stereocenters. The molecule has 1 aromatic rings. The highest BCUT2D eigenvalue weighted by Crippen LogP contribution is 2.39. The molecule has 1 saturated carbocycles. The molecule has 3 fully saturated rings.